The third-order valence-corrected chi connectivity index (χ3v) is 3.18. The van der Waals surface area contributed by atoms with Crippen molar-refractivity contribution in [2.24, 2.45) is 0 Å². The maximum Gasteiger partial charge on any atom is 0.133 e. The van der Waals surface area contributed by atoms with Gasteiger partial charge in [0.1, 0.15) is 17.7 Å². The van der Waals surface area contributed by atoms with Gasteiger partial charge in [-0.15, -0.1) is 0 Å². The van der Waals surface area contributed by atoms with Gasteiger partial charge in [-0.3, -0.25) is 0 Å². The zero-order chi connectivity index (χ0) is 12.3. The summed E-state index contributed by atoms with van der Waals surface area (Å²) in [6.07, 6.45) is 5.12. The minimum Gasteiger partial charge on any atom is -0.496 e. The van der Waals surface area contributed by atoms with Crippen molar-refractivity contribution >= 4 is 0 Å². The van der Waals surface area contributed by atoms with Gasteiger partial charge in [-0.25, -0.2) is 4.39 Å². The van der Waals surface area contributed by atoms with E-state index in [-0.39, 0.29) is 5.56 Å². The summed E-state index contributed by atoms with van der Waals surface area (Å²) in [6.45, 7) is 0. The highest BCUT2D eigenvalue weighted by molar-refractivity contribution is 5.40. The summed E-state index contributed by atoms with van der Waals surface area (Å²) in [7, 11) is 1.49. The van der Waals surface area contributed by atoms with E-state index in [1.54, 1.807) is 12.1 Å². The normalized spacial score (nSPS) is 17.5. The van der Waals surface area contributed by atoms with Crippen molar-refractivity contribution in [3.8, 4) is 5.75 Å². The third-order valence-electron chi connectivity index (χ3n) is 3.18. The lowest BCUT2D eigenvalue weighted by molar-refractivity contribution is 0.197. The highest BCUT2D eigenvalue weighted by Gasteiger charge is 2.22. The number of halogens is 1. The van der Waals surface area contributed by atoms with Gasteiger partial charge in [0.15, 0.2) is 0 Å². The molecule has 1 aliphatic carbocycles. The average Bonchev–Trinajstić information content (AvgIpc) is 2.38. The third kappa shape index (κ3) is 2.50. The molecular weight excluding hydrogens is 219 g/mol. The van der Waals surface area contributed by atoms with E-state index in [0.717, 1.165) is 31.3 Å². The number of methoxy groups -OCH3 is 1. The van der Waals surface area contributed by atoms with E-state index in [1.807, 2.05) is 6.08 Å². The van der Waals surface area contributed by atoms with E-state index in [4.69, 9.17) is 4.74 Å². The van der Waals surface area contributed by atoms with Gasteiger partial charge in [0.05, 0.1) is 12.7 Å². The molecule has 0 amide bonds. The molecule has 1 aliphatic rings. The largest absolute Gasteiger partial charge is 0.496 e. The Morgan fingerprint density at radius 1 is 1.35 bits per heavy atom. The van der Waals surface area contributed by atoms with Crippen LogP contribution in [0.2, 0.25) is 0 Å². The summed E-state index contributed by atoms with van der Waals surface area (Å²) in [6, 6.07) is 4.61. The quantitative estimate of drug-likeness (QED) is 0.815. The van der Waals surface area contributed by atoms with Crippen molar-refractivity contribution in [2.75, 3.05) is 7.11 Å². The lowest BCUT2D eigenvalue weighted by atomic mass is 9.91. The minimum absolute atomic E-state index is 0.253. The van der Waals surface area contributed by atoms with E-state index in [0.29, 0.717) is 5.75 Å². The lowest BCUT2D eigenvalue weighted by Crippen LogP contribution is -2.08. The van der Waals surface area contributed by atoms with Crippen LogP contribution in [0.15, 0.2) is 29.8 Å². The number of hydrogen-bond donors (Lipinski definition) is 1. The number of allylic oxidation sites excluding steroid dienone is 1. The molecule has 0 saturated heterocycles. The van der Waals surface area contributed by atoms with Crippen LogP contribution in [0, 0.1) is 5.82 Å². The summed E-state index contributed by atoms with van der Waals surface area (Å²) in [5.41, 5.74) is 1.16. The van der Waals surface area contributed by atoms with E-state index >= 15 is 0 Å². The van der Waals surface area contributed by atoms with Crippen LogP contribution in [0.3, 0.4) is 0 Å². The van der Waals surface area contributed by atoms with Gasteiger partial charge in [-0.05, 0) is 43.4 Å². The fourth-order valence-corrected chi connectivity index (χ4v) is 2.26. The fraction of sp³-hybridized carbons (Fsp3) is 0.429. The molecule has 3 heteroatoms. The van der Waals surface area contributed by atoms with Gasteiger partial charge < -0.3 is 9.84 Å². The lowest BCUT2D eigenvalue weighted by Gasteiger charge is -2.21. The zero-order valence-electron chi connectivity index (χ0n) is 9.95. The van der Waals surface area contributed by atoms with Crippen LogP contribution in [0.1, 0.15) is 37.4 Å². The van der Waals surface area contributed by atoms with Crippen LogP contribution >= 0.6 is 0 Å². The fourth-order valence-electron chi connectivity index (χ4n) is 2.26. The monoisotopic (exact) mass is 236 g/mol. The molecule has 0 heterocycles. The number of ether oxygens (including phenoxy) is 1. The molecule has 92 valence electrons. The molecule has 0 bridgehead atoms. The molecule has 2 nitrogen and oxygen atoms in total. The van der Waals surface area contributed by atoms with Crippen molar-refractivity contribution in [3.05, 3.63) is 41.2 Å². The van der Waals surface area contributed by atoms with Gasteiger partial charge in [0, 0.05) is 0 Å². The Morgan fingerprint density at radius 3 is 2.82 bits per heavy atom. The number of aliphatic hydroxyl groups excluding tert-OH is 1. The SMILES string of the molecule is COc1cccc(F)c1C(O)C1=CCCCC1. The second kappa shape index (κ2) is 5.32. The van der Waals surface area contributed by atoms with Crippen molar-refractivity contribution < 1.29 is 14.2 Å². The first-order chi connectivity index (χ1) is 8.24. The van der Waals surface area contributed by atoms with Gasteiger partial charge in [-0.2, -0.15) is 0 Å². The highest BCUT2D eigenvalue weighted by Crippen LogP contribution is 2.35. The number of rotatable bonds is 3. The predicted octanol–water partition coefficient (Wildman–Crippen LogP) is 3.37. The molecule has 0 aromatic heterocycles. The highest BCUT2D eigenvalue weighted by atomic mass is 19.1. The second-order valence-electron chi connectivity index (χ2n) is 4.28. The van der Waals surface area contributed by atoms with Crippen LogP contribution < -0.4 is 4.74 Å². The maximum atomic E-state index is 13.8. The molecule has 1 atom stereocenters. The molecule has 2 rings (SSSR count). The van der Waals surface area contributed by atoms with Crippen molar-refractivity contribution in [2.45, 2.75) is 31.8 Å². The summed E-state index contributed by atoms with van der Waals surface area (Å²) in [5, 5.41) is 10.2. The Bertz CT molecular complexity index is 426. The van der Waals surface area contributed by atoms with E-state index in [9.17, 15) is 9.50 Å². The second-order valence-corrected chi connectivity index (χ2v) is 4.28. The van der Waals surface area contributed by atoms with Crippen LogP contribution in [-0.2, 0) is 0 Å². The smallest absolute Gasteiger partial charge is 0.133 e. The van der Waals surface area contributed by atoms with Gasteiger partial charge in [0.25, 0.3) is 0 Å². The van der Waals surface area contributed by atoms with Crippen LogP contribution in [0.5, 0.6) is 5.75 Å². The first-order valence-electron chi connectivity index (χ1n) is 5.93. The van der Waals surface area contributed by atoms with Crippen molar-refractivity contribution in [1.82, 2.24) is 0 Å². The van der Waals surface area contributed by atoms with Crippen LogP contribution in [0.4, 0.5) is 4.39 Å². The van der Waals surface area contributed by atoms with E-state index in [1.165, 1.54) is 13.2 Å². The molecular formula is C14H17FO2. The van der Waals surface area contributed by atoms with Gasteiger partial charge in [-0.1, -0.05) is 12.1 Å². The molecule has 1 aromatic rings. The minimum atomic E-state index is -0.883. The molecule has 0 fully saturated rings. The first kappa shape index (κ1) is 12.1. The zero-order valence-corrected chi connectivity index (χ0v) is 9.95. The molecule has 1 unspecified atom stereocenters. The molecule has 1 aromatic carbocycles. The summed E-state index contributed by atoms with van der Waals surface area (Å²) in [5.74, 6) is -0.00713. The molecule has 0 aliphatic heterocycles. The summed E-state index contributed by atoms with van der Waals surface area (Å²) < 4.78 is 18.9. The molecule has 0 spiro atoms. The molecule has 1 N–H and O–H groups in total. The van der Waals surface area contributed by atoms with Crippen molar-refractivity contribution in [1.29, 1.82) is 0 Å². The van der Waals surface area contributed by atoms with E-state index < -0.39 is 11.9 Å². The standard InChI is InChI=1S/C14H17FO2/c1-17-12-9-5-8-11(15)13(12)14(16)10-6-3-2-4-7-10/h5-6,8-9,14,16H,2-4,7H2,1H3. The predicted molar refractivity (Wildman–Crippen MR) is 64.5 cm³/mol. The topological polar surface area (TPSA) is 29.5 Å². The number of aliphatic hydroxyl groups is 1. The van der Waals surface area contributed by atoms with Crippen LogP contribution in [-0.4, -0.2) is 12.2 Å². The summed E-state index contributed by atoms with van der Waals surface area (Å²) >= 11 is 0. The van der Waals surface area contributed by atoms with E-state index in [2.05, 4.69) is 0 Å². The Morgan fingerprint density at radius 2 is 2.18 bits per heavy atom. The van der Waals surface area contributed by atoms with Crippen LogP contribution in [0.25, 0.3) is 0 Å². The Balaban J connectivity index is 2.35. The maximum absolute atomic E-state index is 13.8. The summed E-state index contributed by atoms with van der Waals surface area (Å²) in [4.78, 5) is 0. The molecule has 0 radical (unpaired) electrons. The number of benzene rings is 1. The Hall–Kier alpha value is -1.35. The van der Waals surface area contributed by atoms with Gasteiger partial charge >= 0.3 is 0 Å². The average molecular weight is 236 g/mol. The van der Waals surface area contributed by atoms with Crippen molar-refractivity contribution in [3.63, 3.8) is 0 Å². The Kier molecular flexibility index (Phi) is 3.79. The Labute approximate surface area is 101 Å². The molecule has 17 heavy (non-hydrogen) atoms. The molecule has 0 saturated carbocycles. The van der Waals surface area contributed by atoms with Gasteiger partial charge in [0.2, 0.25) is 0 Å². The number of hydrogen-bond acceptors (Lipinski definition) is 2. The first-order valence-corrected chi connectivity index (χ1v) is 5.93.